The van der Waals surface area contributed by atoms with E-state index < -0.39 is 0 Å². The Morgan fingerprint density at radius 3 is 2.50 bits per heavy atom. The minimum Gasteiger partial charge on any atom is -0.489 e. The number of carbonyl (C=O) groups excluding carboxylic acids is 2. The molecule has 0 aromatic heterocycles. The summed E-state index contributed by atoms with van der Waals surface area (Å²) in [5, 5.41) is 5.86. The first kappa shape index (κ1) is 19.7. The van der Waals surface area contributed by atoms with Gasteiger partial charge in [-0.2, -0.15) is 0 Å². The molecular weight excluding hydrogens is 376 g/mol. The van der Waals surface area contributed by atoms with Gasteiger partial charge in [-0.15, -0.1) is 0 Å². The SMILES string of the molecule is Cc1ccc(NC(=O)C2CC2)cc1NC(=O)c1cccc(OCc2ccccc2)c1. The molecule has 0 radical (unpaired) electrons. The number of anilines is 2. The quantitative estimate of drug-likeness (QED) is 0.575. The van der Waals surface area contributed by atoms with Gasteiger partial charge in [-0.25, -0.2) is 0 Å². The first-order chi connectivity index (χ1) is 14.6. The number of aryl methyl sites for hydroxylation is 1. The molecule has 0 heterocycles. The Morgan fingerprint density at radius 1 is 0.933 bits per heavy atom. The van der Waals surface area contributed by atoms with E-state index >= 15 is 0 Å². The van der Waals surface area contributed by atoms with Crippen LogP contribution in [0.25, 0.3) is 0 Å². The standard InChI is InChI=1S/C25H24N2O3/c1-17-10-13-21(26-24(28)19-11-12-19)15-23(17)27-25(29)20-8-5-9-22(14-20)30-16-18-6-3-2-4-7-18/h2-10,13-15,19H,11-12,16H2,1H3,(H,26,28)(H,27,29). The van der Waals surface area contributed by atoms with Crippen molar-refractivity contribution >= 4 is 23.2 Å². The zero-order chi connectivity index (χ0) is 20.9. The highest BCUT2D eigenvalue weighted by molar-refractivity contribution is 6.05. The molecule has 152 valence electrons. The van der Waals surface area contributed by atoms with Gasteiger partial charge in [0, 0.05) is 22.9 Å². The molecule has 0 saturated heterocycles. The fourth-order valence-electron chi connectivity index (χ4n) is 3.09. The normalized spacial score (nSPS) is 12.8. The van der Waals surface area contributed by atoms with Gasteiger partial charge in [0.1, 0.15) is 12.4 Å². The molecule has 1 aliphatic carbocycles. The molecule has 5 heteroatoms. The fraction of sp³-hybridized carbons (Fsp3) is 0.200. The van der Waals surface area contributed by atoms with Gasteiger partial charge in [0.15, 0.2) is 0 Å². The lowest BCUT2D eigenvalue weighted by atomic mass is 10.1. The molecule has 2 N–H and O–H groups in total. The van der Waals surface area contributed by atoms with Crippen LogP contribution in [-0.4, -0.2) is 11.8 Å². The Labute approximate surface area is 176 Å². The second kappa shape index (κ2) is 8.82. The van der Waals surface area contributed by atoms with Gasteiger partial charge in [0.05, 0.1) is 0 Å². The van der Waals surface area contributed by atoms with Crippen molar-refractivity contribution in [3.8, 4) is 5.75 Å². The first-order valence-electron chi connectivity index (χ1n) is 10.1. The fourth-order valence-corrected chi connectivity index (χ4v) is 3.09. The van der Waals surface area contributed by atoms with Crippen LogP contribution in [-0.2, 0) is 11.4 Å². The molecule has 3 aromatic rings. The van der Waals surface area contributed by atoms with E-state index in [1.165, 1.54) is 0 Å². The highest BCUT2D eigenvalue weighted by atomic mass is 16.5. The second-order valence-electron chi connectivity index (χ2n) is 7.55. The molecule has 0 atom stereocenters. The number of ether oxygens (including phenoxy) is 1. The van der Waals surface area contributed by atoms with Crippen LogP contribution in [0.4, 0.5) is 11.4 Å². The summed E-state index contributed by atoms with van der Waals surface area (Å²) in [5.74, 6) is 0.574. The van der Waals surface area contributed by atoms with Crippen LogP contribution in [0, 0.1) is 12.8 Å². The summed E-state index contributed by atoms with van der Waals surface area (Å²) in [7, 11) is 0. The number of nitrogens with one attached hydrogen (secondary N) is 2. The van der Waals surface area contributed by atoms with Gasteiger partial charge in [0.25, 0.3) is 5.91 Å². The van der Waals surface area contributed by atoms with E-state index in [1.54, 1.807) is 24.3 Å². The number of hydrogen-bond donors (Lipinski definition) is 2. The number of amides is 2. The third-order valence-corrected chi connectivity index (χ3v) is 5.05. The monoisotopic (exact) mass is 400 g/mol. The largest absolute Gasteiger partial charge is 0.489 e. The predicted molar refractivity (Wildman–Crippen MR) is 118 cm³/mol. The smallest absolute Gasteiger partial charge is 0.255 e. The lowest BCUT2D eigenvalue weighted by Crippen LogP contribution is -2.15. The Balaban J connectivity index is 1.42. The Morgan fingerprint density at radius 2 is 1.73 bits per heavy atom. The van der Waals surface area contributed by atoms with Gasteiger partial charge >= 0.3 is 0 Å². The van der Waals surface area contributed by atoms with E-state index in [0.717, 1.165) is 24.0 Å². The molecule has 3 aromatic carbocycles. The summed E-state index contributed by atoms with van der Waals surface area (Å²) in [6, 6.07) is 22.5. The van der Waals surface area contributed by atoms with E-state index in [0.29, 0.717) is 29.3 Å². The summed E-state index contributed by atoms with van der Waals surface area (Å²) in [6.45, 7) is 2.36. The molecule has 0 aliphatic heterocycles. The minimum absolute atomic E-state index is 0.0411. The Bertz CT molecular complexity index is 1060. The van der Waals surface area contributed by atoms with Gasteiger partial charge in [-0.3, -0.25) is 9.59 Å². The Kier molecular flexibility index (Phi) is 5.80. The first-order valence-corrected chi connectivity index (χ1v) is 10.1. The molecule has 1 aliphatic rings. The van der Waals surface area contributed by atoms with Crippen LogP contribution in [0.1, 0.15) is 34.3 Å². The van der Waals surface area contributed by atoms with Crippen LogP contribution in [0.5, 0.6) is 5.75 Å². The van der Waals surface area contributed by atoms with Crippen LogP contribution in [0.3, 0.4) is 0 Å². The maximum atomic E-state index is 12.8. The van der Waals surface area contributed by atoms with Crippen molar-refractivity contribution in [2.45, 2.75) is 26.4 Å². The average molecular weight is 400 g/mol. The summed E-state index contributed by atoms with van der Waals surface area (Å²) in [6.07, 6.45) is 1.90. The minimum atomic E-state index is -0.228. The number of benzene rings is 3. The van der Waals surface area contributed by atoms with Gasteiger partial charge in [-0.1, -0.05) is 42.5 Å². The van der Waals surface area contributed by atoms with E-state index in [4.69, 9.17) is 4.74 Å². The van der Waals surface area contributed by atoms with E-state index in [2.05, 4.69) is 10.6 Å². The van der Waals surface area contributed by atoms with Gasteiger partial charge in [-0.05, 0) is 61.2 Å². The molecule has 1 fully saturated rings. The van der Waals surface area contributed by atoms with Crippen molar-refractivity contribution < 1.29 is 14.3 Å². The maximum absolute atomic E-state index is 12.8. The predicted octanol–water partition coefficient (Wildman–Crippen LogP) is 5.17. The molecule has 0 spiro atoms. The molecule has 5 nitrogen and oxygen atoms in total. The average Bonchev–Trinajstić information content (AvgIpc) is 3.61. The van der Waals surface area contributed by atoms with Crippen molar-refractivity contribution in [2.24, 2.45) is 5.92 Å². The Hall–Kier alpha value is -3.60. The summed E-state index contributed by atoms with van der Waals surface area (Å²) in [5.41, 5.74) is 3.85. The van der Waals surface area contributed by atoms with Crippen molar-refractivity contribution in [1.82, 2.24) is 0 Å². The van der Waals surface area contributed by atoms with Crippen LogP contribution < -0.4 is 15.4 Å². The van der Waals surface area contributed by atoms with Crippen molar-refractivity contribution in [2.75, 3.05) is 10.6 Å². The molecular formula is C25H24N2O3. The van der Waals surface area contributed by atoms with Crippen LogP contribution in [0.15, 0.2) is 72.8 Å². The number of hydrogen-bond acceptors (Lipinski definition) is 3. The summed E-state index contributed by atoms with van der Waals surface area (Å²) >= 11 is 0. The van der Waals surface area contributed by atoms with Gasteiger partial charge < -0.3 is 15.4 Å². The molecule has 2 amide bonds. The topological polar surface area (TPSA) is 67.4 Å². The molecule has 30 heavy (non-hydrogen) atoms. The van der Waals surface area contributed by atoms with Crippen molar-refractivity contribution in [3.63, 3.8) is 0 Å². The van der Waals surface area contributed by atoms with Crippen molar-refractivity contribution in [3.05, 3.63) is 89.5 Å². The van der Waals surface area contributed by atoms with E-state index in [1.807, 2.05) is 55.5 Å². The van der Waals surface area contributed by atoms with E-state index in [-0.39, 0.29) is 17.7 Å². The molecule has 1 saturated carbocycles. The second-order valence-corrected chi connectivity index (χ2v) is 7.55. The lowest BCUT2D eigenvalue weighted by molar-refractivity contribution is -0.117. The third-order valence-electron chi connectivity index (χ3n) is 5.05. The third kappa shape index (κ3) is 5.06. The highest BCUT2D eigenvalue weighted by Crippen LogP contribution is 2.31. The zero-order valence-corrected chi connectivity index (χ0v) is 16.9. The van der Waals surface area contributed by atoms with E-state index in [9.17, 15) is 9.59 Å². The maximum Gasteiger partial charge on any atom is 0.255 e. The van der Waals surface area contributed by atoms with Gasteiger partial charge in [0.2, 0.25) is 5.91 Å². The summed E-state index contributed by atoms with van der Waals surface area (Å²) in [4.78, 5) is 24.8. The molecule has 0 bridgehead atoms. The highest BCUT2D eigenvalue weighted by Gasteiger charge is 2.29. The van der Waals surface area contributed by atoms with Crippen LogP contribution in [0.2, 0.25) is 0 Å². The summed E-state index contributed by atoms with van der Waals surface area (Å²) < 4.78 is 5.82. The lowest BCUT2D eigenvalue weighted by Gasteiger charge is -2.12. The number of carbonyl (C=O) groups is 2. The molecule has 4 rings (SSSR count). The zero-order valence-electron chi connectivity index (χ0n) is 16.9. The molecule has 0 unspecified atom stereocenters. The number of rotatable bonds is 7. The van der Waals surface area contributed by atoms with Crippen molar-refractivity contribution in [1.29, 1.82) is 0 Å². The van der Waals surface area contributed by atoms with Crippen LogP contribution >= 0.6 is 0 Å².